The standard InChI is InChI=1S/C33H28ClFN4O5.C23H18ClFN4O.C20H21ClN2O5.C13H8FIN2/c1-42-27-12-6-21(30(16-27)43-2)19-44-33(41)37-28-17-31(40)38(32(28)20-4-3-5-23(34)14-20)26-11-13-29-22(15-26)18-36-39(29)25-9-7-24(35)8-10-25;24-16-3-1-2-14(10-16)23-20(26)12-22(30)28(23)19-8-9-21-15(11-19)13-27-29(21)18-6-4-17(25)5-7-18;1-26-15-7-6-13(17(9-15)27-2)11-28-20(25)22-16-10-18(24)23-19(16)12-4-3-5-14(21)8-12;14-10-1-4-12(5-2-10)17-13-6-3-11(15)7-9(13)8-16-17/h3-16,18,28,32H,17,19H2,1-2H3,(H,37,41);1-11,13,20,23H,12,26H2;3-9,16,19H,10-11H2,1-2H3,(H,22,25)(H,23,24);1-8H/t28-,32+;20-,23+;16?,19-;/m001./s1. The lowest BCUT2D eigenvalue weighted by atomic mass is 9.99. The van der Waals surface area contributed by atoms with Crippen molar-refractivity contribution in [2.45, 2.75) is 68.7 Å². The Morgan fingerprint density at radius 3 is 1.29 bits per heavy atom. The molecule has 1 unspecified atom stereocenters. The number of hydrogen-bond acceptors (Lipinski definition) is 15. The first-order valence-corrected chi connectivity index (χ1v) is 39.4. The van der Waals surface area contributed by atoms with Gasteiger partial charge < -0.3 is 59.9 Å². The highest BCUT2D eigenvalue weighted by molar-refractivity contribution is 14.1. The Kier molecular flexibility index (Phi) is 26.0. The molecule has 0 aliphatic carbocycles. The third kappa shape index (κ3) is 19.3. The van der Waals surface area contributed by atoms with Crippen LogP contribution in [-0.4, -0.2) is 106 Å². The summed E-state index contributed by atoms with van der Waals surface area (Å²) in [5, 5.41) is 26.2. The van der Waals surface area contributed by atoms with Crippen molar-refractivity contribution in [1.82, 2.24) is 45.3 Å². The predicted molar refractivity (Wildman–Crippen MR) is 457 cm³/mol. The van der Waals surface area contributed by atoms with Crippen molar-refractivity contribution in [2.24, 2.45) is 5.73 Å². The molecule has 14 aromatic rings. The van der Waals surface area contributed by atoms with E-state index in [1.54, 1.807) is 161 Å². The SMILES string of the molecule is COc1ccc(COC(=O)NC2CC(=O)N[C@@H]2c2cccc(Cl)c2)c(OC)c1.COc1ccc(COC(=O)N[C@H]2CC(=O)N(c3ccc4c(cnn4-c4ccc(F)cc4)c3)[C@@H]2c2cccc(Cl)c2)c(OC)c1.Fc1ccc(-n2ncc3cc(I)ccc32)cc1.N[C@H]1CC(=O)N(c2ccc3c(cnn3-c3ccc(F)cc3)c2)[C@@H]1c1cccc(Cl)c1. The molecule has 3 aromatic heterocycles. The second-order valence-electron chi connectivity index (χ2n) is 27.7. The Balaban J connectivity index is 0.000000137. The van der Waals surface area contributed by atoms with Crippen molar-refractivity contribution in [3.05, 3.63) is 319 Å². The van der Waals surface area contributed by atoms with Crippen molar-refractivity contribution in [3.63, 3.8) is 0 Å². The molecule has 11 aromatic carbocycles. The molecule has 3 saturated heterocycles. The van der Waals surface area contributed by atoms with Crippen molar-refractivity contribution in [3.8, 4) is 40.1 Å². The number of methoxy groups -OCH3 is 4. The Hall–Kier alpha value is -12.7. The van der Waals surface area contributed by atoms with E-state index in [0.717, 1.165) is 66.5 Å². The van der Waals surface area contributed by atoms with Gasteiger partial charge in [0.25, 0.3) is 0 Å². The van der Waals surface area contributed by atoms with E-state index in [9.17, 15) is 37.1 Å². The average molecular weight is 1780 g/mol. The minimum Gasteiger partial charge on any atom is -0.497 e. The number of carbonyl (C=O) groups excluding carboxylic acids is 5. The van der Waals surface area contributed by atoms with Crippen LogP contribution in [0.3, 0.4) is 0 Å². The second-order valence-corrected chi connectivity index (χ2v) is 30.3. The van der Waals surface area contributed by atoms with E-state index >= 15 is 0 Å². The number of anilines is 2. The van der Waals surface area contributed by atoms with E-state index in [1.165, 1.54) is 54.2 Å². The quantitative estimate of drug-likeness (QED) is 0.0582. The van der Waals surface area contributed by atoms with E-state index in [4.69, 9.17) is 69.0 Å². The van der Waals surface area contributed by atoms with Crippen LogP contribution in [0.4, 0.5) is 34.1 Å². The minimum absolute atomic E-state index is 0.0227. The summed E-state index contributed by atoms with van der Waals surface area (Å²) >= 11 is 20.8. The number of nitrogens with zero attached hydrogens (tertiary/aromatic N) is 8. The van der Waals surface area contributed by atoms with Crippen LogP contribution >= 0.6 is 57.4 Å². The number of alkyl carbamates (subject to hydrolysis) is 2. The van der Waals surface area contributed by atoms with Gasteiger partial charge in [0.1, 0.15) is 53.7 Å². The summed E-state index contributed by atoms with van der Waals surface area (Å²) in [6.45, 7) is -0.0190. The molecule has 606 valence electrons. The van der Waals surface area contributed by atoms with Crippen LogP contribution in [0.15, 0.2) is 255 Å². The summed E-state index contributed by atoms with van der Waals surface area (Å²) in [5.41, 5.74) is 16.6. The van der Waals surface area contributed by atoms with Crippen LogP contribution < -0.4 is 50.4 Å². The number of hydrogen-bond donors (Lipinski definition) is 4. The molecule has 3 aliphatic rings. The summed E-state index contributed by atoms with van der Waals surface area (Å²) in [7, 11) is 6.17. The summed E-state index contributed by atoms with van der Waals surface area (Å²) in [6.07, 6.45) is 4.43. The highest BCUT2D eigenvalue weighted by Gasteiger charge is 2.44. The molecule has 23 nitrogen and oxygen atoms in total. The molecule has 3 fully saturated rings. The third-order valence-electron chi connectivity index (χ3n) is 20.1. The minimum atomic E-state index is -0.675. The number of halogens is 7. The number of aromatic nitrogens is 6. The number of carbonyl (C=O) groups is 5. The van der Waals surface area contributed by atoms with Crippen LogP contribution in [0.2, 0.25) is 15.1 Å². The highest BCUT2D eigenvalue weighted by atomic mass is 127. The maximum atomic E-state index is 13.6. The van der Waals surface area contributed by atoms with Gasteiger partial charge in [-0.25, -0.2) is 36.8 Å². The van der Waals surface area contributed by atoms with Gasteiger partial charge in [-0.3, -0.25) is 14.4 Å². The van der Waals surface area contributed by atoms with Gasteiger partial charge in [-0.15, -0.1) is 0 Å². The maximum Gasteiger partial charge on any atom is 0.407 e. The summed E-state index contributed by atoms with van der Waals surface area (Å²) in [5.74, 6) is 1.12. The van der Waals surface area contributed by atoms with Gasteiger partial charge in [0.05, 0.1) is 111 Å². The second kappa shape index (κ2) is 37.3. The molecule has 5 amide bonds. The number of benzene rings is 11. The van der Waals surface area contributed by atoms with Gasteiger partial charge in [-0.1, -0.05) is 71.2 Å². The van der Waals surface area contributed by atoms with Crippen LogP contribution in [0.1, 0.15) is 65.2 Å². The molecule has 3 aliphatic heterocycles. The summed E-state index contributed by atoms with van der Waals surface area (Å²) < 4.78 is 78.0. The molecule has 0 radical (unpaired) electrons. The Labute approximate surface area is 709 Å². The Morgan fingerprint density at radius 2 is 0.849 bits per heavy atom. The summed E-state index contributed by atoms with van der Waals surface area (Å²) in [6, 6.07) is 65.6. The van der Waals surface area contributed by atoms with Gasteiger partial charge >= 0.3 is 12.2 Å². The largest absolute Gasteiger partial charge is 0.497 e. The molecule has 5 N–H and O–H groups in total. The van der Waals surface area contributed by atoms with Crippen molar-refractivity contribution in [2.75, 3.05) is 38.2 Å². The molecule has 119 heavy (non-hydrogen) atoms. The molecule has 17 rings (SSSR count). The van der Waals surface area contributed by atoms with Crippen LogP contribution in [0, 0.1) is 21.0 Å². The highest BCUT2D eigenvalue weighted by Crippen LogP contribution is 2.42. The lowest BCUT2D eigenvalue weighted by Crippen LogP contribution is -2.40. The molecule has 6 atom stereocenters. The lowest BCUT2D eigenvalue weighted by Gasteiger charge is -2.29. The van der Waals surface area contributed by atoms with Gasteiger partial charge in [-0.05, 0) is 227 Å². The fourth-order valence-electron chi connectivity index (χ4n) is 14.5. The maximum absolute atomic E-state index is 13.6. The zero-order chi connectivity index (χ0) is 83.5. The van der Waals surface area contributed by atoms with Gasteiger partial charge in [0.15, 0.2) is 0 Å². The zero-order valence-corrected chi connectivity index (χ0v) is 68.5. The summed E-state index contributed by atoms with van der Waals surface area (Å²) in [4.78, 5) is 67.0. The van der Waals surface area contributed by atoms with Crippen molar-refractivity contribution in [1.29, 1.82) is 0 Å². The van der Waals surface area contributed by atoms with Crippen LogP contribution in [-0.2, 0) is 37.1 Å². The number of ether oxygens (including phenoxy) is 6. The normalized spacial score (nSPS) is 16.7. The first-order valence-electron chi connectivity index (χ1n) is 37.2. The molecule has 30 heteroatoms. The molecule has 0 bridgehead atoms. The smallest absolute Gasteiger partial charge is 0.407 e. The topological polar surface area (TPSA) is 263 Å². The number of amides is 5. The van der Waals surface area contributed by atoms with E-state index in [2.05, 4.69) is 59.9 Å². The predicted octanol–water partition coefficient (Wildman–Crippen LogP) is 18.2. The van der Waals surface area contributed by atoms with E-state index in [1.807, 2.05) is 89.7 Å². The lowest BCUT2D eigenvalue weighted by molar-refractivity contribution is -0.119. The van der Waals surface area contributed by atoms with Crippen LogP contribution in [0.25, 0.3) is 49.8 Å². The fraction of sp³-hybridized carbons (Fsp3) is 0.169. The Bertz CT molecular complexity index is 6070. The number of fused-ring (bicyclic) bond motifs is 3. The fourth-order valence-corrected chi connectivity index (χ4v) is 15.6. The van der Waals surface area contributed by atoms with Gasteiger partial charge in [0.2, 0.25) is 17.7 Å². The molecule has 0 saturated carbocycles. The van der Waals surface area contributed by atoms with E-state index in [0.29, 0.717) is 60.6 Å². The Morgan fingerprint density at radius 1 is 0.454 bits per heavy atom. The zero-order valence-electron chi connectivity index (χ0n) is 64.0. The first-order chi connectivity index (χ1) is 57.6. The number of rotatable bonds is 18. The number of nitrogens with one attached hydrogen (secondary N) is 3. The monoisotopic (exact) mass is 1780 g/mol. The van der Waals surface area contributed by atoms with Crippen molar-refractivity contribution >= 4 is 131 Å². The van der Waals surface area contributed by atoms with E-state index in [-0.39, 0.29) is 85.8 Å². The first kappa shape index (κ1) is 82.8. The number of nitrogens with two attached hydrogens (primary N) is 1. The molecule has 0 spiro atoms. The van der Waals surface area contributed by atoms with Crippen LogP contribution in [0.5, 0.6) is 23.0 Å². The van der Waals surface area contributed by atoms with Crippen molar-refractivity contribution < 1.29 is 65.6 Å². The molecular formula is C89H75Cl3F3IN12O11. The van der Waals surface area contributed by atoms with Gasteiger partial charge in [-0.2, -0.15) is 15.3 Å². The van der Waals surface area contributed by atoms with Gasteiger partial charge in [0, 0.05) is 94.7 Å². The molecular weight excluding hydrogens is 1700 g/mol. The third-order valence-corrected chi connectivity index (χ3v) is 21.5. The average Bonchev–Trinajstić information content (AvgIpc) is 1.63. The van der Waals surface area contributed by atoms with E-state index < -0.39 is 30.3 Å². The molecule has 6 heterocycles.